The minimum atomic E-state index is 0.407. The fourth-order valence-electron chi connectivity index (χ4n) is 0.997. The summed E-state index contributed by atoms with van der Waals surface area (Å²) >= 11 is 1.85. The molecule has 72 valence electrons. The van der Waals surface area contributed by atoms with Crippen molar-refractivity contribution in [3.8, 4) is 0 Å². The summed E-state index contributed by atoms with van der Waals surface area (Å²) in [6.07, 6.45) is 5.30. The highest BCUT2D eigenvalue weighted by atomic mass is 32.2. The lowest BCUT2D eigenvalue weighted by atomic mass is 10.0. The van der Waals surface area contributed by atoms with Gasteiger partial charge in [-0.15, -0.1) is 0 Å². The van der Waals surface area contributed by atoms with E-state index in [0.717, 1.165) is 25.0 Å². The van der Waals surface area contributed by atoms with Gasteiger partial charge in [0.25, 0.3) is 0 Å². The highest BCUT2D eigenvalue weighted by Gasteiger charge is 2.06. The van der Waals surface area contributed by atoms with Crippen LogP contribution in [0.4, 0.5) is 0 Å². The van der Waals surface area contributed by atoms with Crippen molar-refractivity contribution in [2.45, 2.75) is 32.2 Å². The Morgan fingerprint density at radius 1 is 1.67 bits per heavy atom. The summed E-state index contributed by atoms with van der Waals surface area (Å²) in [5.74, 6) is 6.57. The number of rotatable bonds is 7. The molecule has 0 aromatic carbocycles. The zero-order valence-electron chi connectivity index (χ0n) is 8.10. The lowest BCUT2D eigenvalue weighted by Crippen LogP contribution is -2.35. The first-order chi connectivity index (χ1) is 5.74. The van der Waals surface area contributed by atoms with Gasteiger partial charge in [-0.25, -0.2) is 0 Å². The number of hydrazine groups is 1. The second-order valence-electron chi connectivity index (χ2n) is 2.95. The summed E-state index contributed by atoms with van der Waals surface area (Å²) in [6.45, 7) is 6.10. The molecule has 0 aromatic rings. The van der Waals surface area contributed by atoms with Crippen LogP contribution in [-0.2, 0) is 0 Å². The molecule has 2 nitrogen and oxygen atoms in total. The molecule has 0 rings (SSSR count). The summed E-state index contributed by atoms with van der Waals surface area (Å²) in [5.41, 5.74) is 4.10. The van der Waals surface area contributed by atoms with E-state index < -0.39 is 0 Å². The van der Waals surface area contributed by atoms with Crippen LogP contribution in [0.3, 0.4) is 0 Å². The normalized spacial score (nSPS) is 12.9. The Kier molecular flexibility index (Phi) is 7.65. The zero-order chi connectivity index (χ0) is 9.40. The van der Waals surface area contributed by atoms with E-state index >= 15 is 0 Å². The molecule has 1 unspecified atom stereocenters. The van der Waals surface area contributed by atoms with Crippen LogP contribution >= 0.6 is 11.8 Å². The van der Waals surface area contributed by atoms with Crippen molar-refractivity contribution in [2.24, 2.45) is 5.84 Å². The van der Waals surface area contributed by atoms with E-state index in [9.17, 15) is 0 Å². The average molecular weight is 188 g/mol. The Balaban J connectivity index is 3.59. The molecule has 0 saturated carbocycles. The van der Waals surface area contributed by atoms with Crippen LogP contribution in [0.25, 0.3) is 0 Å². The van der Waals surface area contributed by atoms with Crippen LogP contribution in [0.1, 0.15) is 26.2 Å². The van der Waals surface area contributed by atoms with E-state index in [1.165, 1.54) is 5.57 Å². The van der Waals surface area contributed by atoms with Gasteiger partial charge >= 0.3 is 0 Å². The summed E-state index contributed by atoms with van der Waals surface area (Å²) in [5, 5.41) is 0. The van der Waals surface area contributed by atoms with Gasteiger partial charge in [0.05, 0.1) is 0 Å². The first kappa shape index (κ1) is 12.0. The van der Waals surface area contributed by atoms with Crippen LogP contribution in [0.5, 0.6) is 0 Å². The third-order valence-corrected chi connectivity index (χ3v) is 2.59. The maximum Gasteiger partial charge on any atom is 0.0255 e. The lowest BCUT2D eigenvalue weighted by molar-refractivity contribution is 0.509. The minimum Gasteiger partial charge on any atom is -0.271 e. The second-order valence-corrected chi connectivity index (χ2v) is 3.94. The number of thioether (sulfide) groups is 1. The number of nitrogens with two attached hydrogens (primary N) is 1. The average Bonchev–Trinajstić information content (AvgIpc) is 2.11. The van der Waals surface area contributed by atoms with Crippen LogP contribution in [-0.4, -0.2) is 18.1 Å². The van der Waals surface area contributed by atoms with Gasteiger partial charge in [-0.3, -0.25) is 11.3 Å². The first-order valence-corrected chi connectivity index (χ1v) is 5.75. The van der Waals surface area contributed by atoms with Crippen LogP contribution in [0, 0.1) is 0 Å². The molecule has 3 N–H and O–H groups in total. The molecule has 0 aliphatic carbocycles. The topological polar surface area (TPSA) is 38.0 Å². The van der Waals surface area contributed by atoms with Gasteiger partial charge in [-0.05, 0) is 31.3 Å². The molecule has 0 aliphatic heterocycles. The maximum atomic E-state index is 5.42. The van der Waals surface area contributed by atoms with E-state index in [4.69, 9.17) is 5.84 Å². The summed E-state index contributed by atoms with van der Waals surface area (Å²) < 4.78 is 0. The Hall–Kier alpha value is 0.01000. The van der Waals surface area contributed by atoms with Crippen molar-refractivity contribution in [3.05, 3.63) is 12.2 Å². The third-order valence-electron chi connectivity index (χ3n) is 1.94. The highest BCUT2D eigenvalue weighted by molar-refractivity contribution is 7.98. The van der Waals surface area contributed by atoms with E-state index in [-0.39, 0.29) is 0 Å². The maximum absolute atomic E-state index is 5.42. The Morgan fingerprint density at radius 2 is 2.33 bits per heavy atom. The van der Waals surface area contributed by atoms with Gasteiger partial charge in [0.2, 0.25) is 0 Å². The molecule has 0 fully saturated rings. The fraction of sp³-hybridized carbons (Fsp3) is 0.778. The Labute approximate surface area is 80.0 Å². The molecule has 0 aliphatic rings. The van der Waals surface area contributed by atoms with Gasteiger partial charge in [0.15, 0.2) is 0 Å². The Morgan fingerprint density at radius 3 is 2.75 bits per heavy atom. The summed E-state index contributed by atoms with van der Waals surface area (Å²) in [4.78, 5) is 0. The molecule has 3 heteroatoms. The van der Waals surface area contributed by atoms with Gasteiger partial charge in [0.1, 0.15) is 0 Å². The van der Waals surface area contributed by atoms with Gasteiger partial charge < -0.3 is 0 Å². The van der Waals surface area contributed by atoms with E-state index in [1.54, 1.807) is 0 Å². The molecule has 0 bridgehead atoms. The third kappa shape index (κ3) is 5.63. The predicted octanol–water partition coefficient (Wildman–Crippen LogP) is 1.93. The van der Waals surface area contributed by atoms with E-state index in [1.807, 2.05) is 11.8 Å². The van der Waals surface area contributed by atoms with E-state index in [2.05, 4.69) is 25.2 Å². The highest BCUT2D eigenvalue weighted by Crippen LogP contribution is 2.10. The predicted molar refractivity (Wildman–Crippen MR) is 58.2 cm³/mol. The van der Waals surface area contributed by atoms with Crippen molar-refractivity contribution in [2.75, 3.05) is 12.0 Å². The van der Waals surface area contributed by atoms with Crippen LogP contribution < -0.4 is 11.3 Å². The quantitative estimate of drug-likeness (QED) is 0.364. The van der Waals surface area contributed by atoms with E-state index in [0.29, 0.717) is 6.04 Å². The number of hydrogen-bond donors (Lipinski definition) is 2. The molecule has 0 amide bonds. The molecular formula is C9H20N2S. The number of nitrogens with one attached hydrogen (secondary N) is 1. The fourth-order valence-corrected chi connectivity index (χ4v) is 1.52. The zero-order valence-corrected chi connectivity index (χ0v) is 8.91. The molecule has 0 aromatic heterocycles. The number of hydrogen-bond acceptors (Lipinski definition) is 3. The molecule has 0 heterocycles. The van der Waals surface area contributed by atoms with Crippen molar-refractivity contribution < 1.29 is 0 Å². The SMILES string of the molecule is C=C(CC)CC(CCSC)NN. The Bertz CT molecular complexity index is 126. The minimum absolute atomic E-state index is 0.407. The van der Waals surface area contributed by atoms with Crippen molar-refractivity contribution in [1.29, 1.82) is 0 Å². The molecule has 0 radical (unpaired) electrons. The summed E-state index contributed by atoms with van der Waals surface area (Å²) in [7, 11) is 0. The first-order valence-electron chi connectivity index (χ1n) is 4.36. The molecule has 1 atom stereocenters. The monoisotopic (exact) mass is 188 g/mol. The van der Waals surface area contributed by atoms with Crippen LogP contribution in [0.2, 0.25) is 0 Å². The molecule has 12 heavy (non-hydrogen) atoms. The van der Waals surface area contributed by atoms with Gasteiger partial charge in [-0.1, -0.05) is 19.1 Å². The molecular weight excluding hydrogens is 168 g/mol. The lowest BCUT2D eigenvalue weighted by Gasteiger charge is -2.15. The van der Waals surface area contributed by atoms with Crippen molar-refractivity contribution >= 4 is 11.8 Å². The van der Waals surface area contributed by atoms with Crippen molar-refractivity contribution in [3.63, 3.8) is 0 Å². The van der Waals surface area contributed by atoms with Gasteiger partial charge in [0, 0.05) is 6.04 Å². The molecule has 0 saturated heterocycles. The summed E-state index contributed by atoms with van der Waals surface area (Å²) in [6, 6.07) is 0.407. The smallest absolute Gasteiger partial charge is 0.0255 e. The largest absolute Gasteiger partial charge is 0.271 e. The molecule has 0 spiro atoms. The standard InChI is InChI=1S/C9H20N2S/c1-4-8(2)7-9(11-10)5-6-12-3/h9,11H,2,4-7,10H2,1,3H3. The van der Waals surface area contributed by atoms with Gasteiger partial charge in [-0.2, -0.15) is 11.8 Å². The van der Waals surface area contributed by atoms with Crippen LogP contribution in [0.15, 0.2) is 12.2 Å². The second kappa shape index (κ2) is 7.65. The van der Waals surface area contributed by atoms with Crippen molar-refractivity contribution in [1.82, 2.24) is 5.43 Å².